The molecule has 0 spiro atoms. The summed E-state index contributed by atoms with van der Waals surface area (Å²) in [6, 6.07) is 8.43. The summed E-state index contributed by atoms with van der Waals surface area (Å²) < 4.78 is 12.1. The molecule has 2 aliphatic rings. The fraction of sp³-hybridized carbons (Fsp3) is 0.700. The standard InChI is InChI=1S/C20H31NO2/c1-2-22-19(15-20-11-9-17(14-20)10-12-20)23-18-7-5-16(6-8-18)4-3-13-21/h5-8,17,19H,2-4,9-15,21H2,1H3. The Bertz CT molecular complexity index is 477. The first-order valence-electron chi connectivity index (χ1n) is 9.30. The Hall–Kier alpha value is -1.06. The van der Waals surface area contributed by atoms with Crippen molar-refractivity contribution in [1.82, 2.24) is 0 Å². The molecule has 0 heterocycles. The van der Waals surface area contributed by atoms with Crippen LogP contribution in [0.5, 0.6) is 5.75 Å². The van der Waals surface area contributed by atoms with Crippen molar-refractivity contribution >= 4 is 0 Å². The second-order valence-electron chi connectivity index (χ2n) is 7.39. The molecular formula is C20H31NO2. The maximum atomic E-state index is 6.17. The smallest absolute Gasteiger partial charge is 0.200 e. The average Bonchev–Trinajstić information content (AvgIpc) is 3.15. The molecule has 2 N–H and O–H groups in total. The van der Waals surface area contributed by atoms with Crippen molar-refractivity contribution < 1.29 is 9.47 Å². The van der Waals surface area contributed by atoms with Gasteiger partial charge in [0.2, 0.25) is 0 Å². The van der Waals surface area contributed by atoms with E-state index in [0.29, 0.717) is 12.0 Å². The number of hydrogen-bond donors (Lipinski definition) is 1. The number of fused-ring (bicyclic) bond motifs is 2. The van der Waals surface area contributed by atoms with Crippen molar-refractivity contribution in [2.45, 2.75) is 64.6 Å². The molecule has 0 saturated heterocycles. The zero-order valence-electron chi connectivity index (χ0n) is 14.4. The third-order valence-corrected chi connectivity index (χ3v) is 5.70. The lowest BCUT2D eigenvalue weighted by Crippen LogP contribution is -2.29. The van der Waals surface area contributed by atoms with E-state index in [-0.39, 0.29) is 6.29 Å². The van der Waals surface area contributed by atoms with E-state index in [2.05, 4.69) is 31.2 Å². The quantitative estimate of drug-likeness (QED) is 0.691. The second kappa shape index (κ2) is 7.67. The normalized spacial score (nSPS) is 27.3. The van der Waals surface area contributed by atoms with Crippen LogP contribution in [0.4, 0.5) is 0 Å². The Balaban J connectivity index is 1.58. The Kier molecular flexibility index (Phi) is 5.60. The maximum absolute atomic E-state index is 6.17. The van der Waals surface area contributed by atoms with Crippen LogP contribution in [-0.2, 0) is 11.2 Å². The highest BCUT2D eigenvalue weighted by molar-refractivity contribution is 5.27. The molecule has 1 aromatic carbocycles. The first-order chi connectivity index (χ1) is 11.2. The molecule has 3 heteroatoms. The Morgan fingerprint density at radius 2 is 1.96 bits per heavy atom. The van der Waals surface area contributed by atoms with Gasteiger partial charge >= 0.3 is 0 Å². The van der Waals surface area contributed by atoms with Gasteiger partial charge in [0.05, 0.1) is 0 Å². The number of hydrogen-bond acceptors (Lipinski definition) is 3. The van der Waals surface area contributed by atoms with Crippen LogP contribution in [0.15, 0.2) is 24.3 Å². The monoisotopic (exact) mass is 317 g/mol. The zero-order valence-corrected chi connectivity index (χ0v) is 14.4. The number of ether oxygens (including phenoxy) is 2. The molecule has 1 atom stereocenters. The molecule has 1 aromatic rings. The Morgan fingerprint density at radius 3 is 2.52 bits per heavy atom. The van der Waals surface area contributed by atoms with Gasteiger partial charge in [0.15, 0.2) is 6.29 Å². The van der Waals surface area contributed by atoms with E-state index in [4.69, 9.17) is 15.2 Å². The fourth-order valence-corrected chi connectivity index (χ4v) is 4.46. The fourth-order valence-electron chi connectivity index (χ4n) is 4.46. The molecule has 0 amide bonds. The molecule has 2 saturated carbocycles. The van der Waals surface area contributed by atoms with Crippen LogP contribution in [0.2, 0.25) is 0 Å². The molecule has 128 valence electrons. The predicted octanol–water partition coefficient (Wildman–Crippen LogP) is 4.29. The summed E-state index contributed by atoms with van der Waals surface area (Å²) in [5.41, 5.74) is 7.39. The molecule has 3 nitrogen and oxygen atoms in total. The summed E-state index contributed by atoms with van der Waals surface area (Å²) in [5, 5.41) is 0. The third kappa shape index (κ3) is 4.27. The SMILES string of the molecule is CCOC(CC12CCC(CC1)C2)Oc1ccc(CCCN)cc1. The van der Waals surface area contributed by atoms with Crippen LogP contribution in [0, 0.1) is 11.3 Å². The molecule has 0 aliphatic heterocycles. The van der Waals surface area contributed by atoms with E-state index in [1.54, 1.807) is 0 Å². The van der Waals surface area contributed by atoms with E-state index in [0.717, 1.165) is 37.5 Å². The van der Waals surface area contributed by atoms with E-state index in [1.165, 1.54) is 37.7 Å². The first kappa shape index (κ1) is 16.8. The average molecular weight is 317 g/mol. The summed E-state index contributed by atoms with van der Waals surface area (Å²) in [6.45, 7) is 3.50. The Morgan fingerprint density at radius 1 is 1.22 bits per heavy atom. The van der Waals surface area contributed by atoms with Crippen molar-refractivity contribution in [2.24, 2.45) is 17.1 Å². The number of rotatable bonds is 9. The highest BCUT2D eigenvalue weighted by Crippen LogP contribution is 2.56. The van der Waals surface area contributed by atoms with E-state index in [1.807, 2.05) is 0 Å². The van der Waals surface area contributed by atoms with Gasteiger partial charge in [-0.3, -0.25) is 0 Å². The summed E-state index contributed by atoms with van der Waals surface area (Å²) in [7, 11) is 0. The topological polar surface area (TPSA) is 44.5 Å². The number of benzene rings is 1. The highest BCUT2D eigenvalue weighted by atomic mass is 16.7. The minimum absolute atomic E-state index is 0.105. The summed E-state index contributed by atoms with van der Waals surface area (Å²) in [6.07, 6.45) is 9.95. The molecular weight excluding hydrogens is 286 g/mol. The van der Waals surface area contributed by atoms with Gasteiger partial charge < -0.3 is 15.2 Å². The van der Waals surface area contributed by atoms with Crippen molar-refractivity contribution in [1.29, 1.82) is 0 Å². The maximum Gasteiger partial charge on any atom is 0.200 e. The van der Waals surface area contributed by atoms with Gasteiger partial charge in [-0.1, -0.05) is 12.1 Å². The lowest BCUT2D eigenvalue weighted by molar-refractivity contribution is -0.100. The minimum Gasteiger partial charge on any atom is -0.465 e. The molecule has 3 rings (SSSR count). The van der Waals surface area contributed by atoms with E-state index < -0.39 is 0 Å². The first-order valence-corrected chi connectivity index (χ1v) is 9.30. The largest absolute Gasteiger partial charge is 0.465 e. The van der Waals surface area contributed by atoms with Gasteiger partial charge in [-0.05, 0) is 87.4 Å². The molecule has 2 fully saturated rings. The lowest BCUT2D eigenvalue weighted by Gasteiger charge is -2.31. The summed E-state index contributed by atoms with van der Waals surface area (Å²) in [5.74, 6) is 1.89. The van der Waals surface area contributed by atoms with Gasteiger partial charge in [-0.25, -0.2) is 0 Å². The van der Waals surface area contributed by atoms with Crippen LogP contribution < -0.4 is 10.5 Å². The van der Waals surface area contributed by atoms with Gasteiger partial charge in [-0.2, -0.15) is 0 Å². The van der Waals surface area contributed by atoms with Gasteiger partial charge in [0.25, 0.3) is 0 Å². The van der Waals surface area contributed by atoms with Crippen molar-refractivity contribution in [3.05, 3.63) is 29.8 Å². The van der Waals surface area contributed by atoms with Crippen molar-refractivity contribution in [2.75, 3.05) is 13.2 Å². The molecule has 0 radical (unpaired) electrons. The molecule has 2 bridgehead atoms. The van der Waals surface area contributed by atoms with Crippen molar-refractivity contribution in [3.63, 3.8) is 0 Å². The minimum atomic E-state index is -0.105. The van der Waals surface area contributed by atoms with Crippen LogP contribution in [0.25, 0.3) is 0 Å². The molecule has 23 heavy (non-hydrogen) atoms. The highest BCUT2D eigenvalue weighted by Gasteiger charge is 2.46. The van der Waals surface area contributed by atoms with Gasteiger partial charge in [-0.15, -0.1) is 0 Å². The zero-order chi connectivity index (χ0) is 16.1. The van der Waals surface area contributed by atoms with Crippen molar-refractivity contribution in [3.8, 4) is 5.75 Å². The summed E-state index contributed by atoms with van der Waals surface area (Å²) in [4.78, 5) is 0. The molecule has 2 aliphatic carbocycles. The number of nitrogens with two attached hydrogens (primary N) is 1. The summed E-state index contributed by atoms with van der Waals surface area (Å²) >= 11 is 0. The third-order valence-electron chi connectivity index (χ3n) is 5.70. The van der Waals surface area contributed by atoms with E-state index in [9.17, 15) is 0 Å². The van der Waals surface area contributed by atoms with Crippen LogP contribution in [0.3, 0.4) is 0 Å². The van der Waals surface area contributed by atoms with Gasteiger partial charge in [0.1, 0.15) is 5.75 Å². The Labute approximate surface area is 140 Å². The van der Waals surface area contributed by atoms with Gasteiger partial charge in [0, 0.05) is 13.0 Å². The van der Waals surface area contributed by atoms with Crippen LogP contribution in [0.1, 0.15) is 57.4 Å². The van der Waals surface area contributed by atoms with E-state index >= 15 is 0 Å². The lowest BCUT2D eigenvalue weighted by atomic mass is 9.81. The molecule has 1 unspecified atom stereocenters. The van der Waals surface area contributed by atoms with Crippen LogP contribution >= 0.6 is 0 Å². The number of aryl methyl sites for hydroxylation is 1. The second-order valence-corrected chi connectivity index (χ2v) is 7.39. The predicted molar refractivity (Wildman–Crippen MR) is 93.5 cm³/mol. The molecule has 0 aromatic heterocycles. The van der Waals surface area contributed by atoms with Crippen LogP contribution in [-0.4, -0.2) is 19.4 Å².